The molecule has 1 saturated carbocycles. The Morgan fingerprint density at radius 3 is 2.53 bits per heavy atom. The van der Waals surface area contributed by atoms with E-state index in [1.165, 1.54) is 28.3 Å². The van der Waals surface area contributed by atoms with Crippen LogP contribution in [0.3, 0.4) is 0 Å². The second kappa shape index (κ2) is 3.99. The number of hydrogen-bond donors (Lipinski definition) is 0. The minimum absolute atomic E-state index is 0.570. The van der Waals surface area contributed by atoms with E-state index in [2.05, 4.69) is 49.4 Å². The molecule has 0 bridgehead atoms. The quantitative estimate of drug-likeness (QED) is 0.621. The van der Waals surface area contributed by atoms with Crippen LogP contribution in [0.1, 0.15) is 35.1 Å². The number of fused-ring (bicyclic) bond motifs is 1. The SMILES string of the molecule is Cc1ccc(C2CC2c2ccco2)c2ccccc12. The van der Waals surface area contributed by atoms with Crippen LogP contribution in [0.25, 0.3) is 10.8 Å². The average Bonchev–Trinajstić information content (AvgIpc) is 3.04. The van der Waals surface area contributed by atoms with Gasteiger partial charge in [0.2, 0.25) is 0 Å². The standard InChI is InChI=1S/C18H16O/c1-12-8-9-15(14-6-3-2-5-13(12)14)16-11-17(16)18-7-4-10-19-18/h2-10,16-17H,11H2,1H3. The Kier molecular flexibility index (Phi) is 2.28. The van der Waals surface area contributed by atoms with Crippen LogP contribution in [-0.2, 0) is 0 Å². The first-order chi connectivity index (χ1) is 9.34. The molecule has 0 saturated heterocycles. The first-order valence-electron chi connectivity index (χ1n) is 6.86. The highest BCUT2D eigenvalue weighted by Crippen LogP contribution is 2.56. The van der Waals surface area contributed by atoms with Crippen LogP contribution in [0.4, 0.5) is 0 Å². The molecule has 4 rings (SSSR count). The first-order valence-corrected chi connectivity index (χ1v) is 6.86. The number of benzene rings is 2. The van der Waals surface area contributed by atoms with Crippen molar-refractivity contribution in [3.05, 3.63) is 71.7 Å². The second-order valence-electron chi connectivity index (χ2n) is 5.48. The minimum atomic E-state index is 0.570. The summed E-state index contributed by atoms with van der Waals surface area (Å²) >= 11 is 0. The molecule has 1 aliphatic carbocycles. The largest absolute Gasteiger partial charge is 0.469 e. The monoisotopic (exact) mass is 248 g/mol. The predicted octanol–water partition coefficient (Wildman–Crippen LogP) is 5.01. The van der Waals surface area contributed by atoms with E-state index in [4.69, 9.17) is 4.42 Å². The lowest BCUT2D eigenvalue weighted by atomic mass is 9.96. The minimum Gasteiger partial charge on any atom is -0.469 e. The molecule has 1 aliphatic rings. The molecule has 0 aliphatic heterocycles. The van der Waals surface area contributed by atoms with E-state index < -0.39 is 0 Å². The summed E-state index contributed by atoms with van der Waals surface area (Å²) in [5.74, 6) is 2.33. The van der Waals surface area contributed by atoms with Crippen LogP contribution in [-0.4, -0.2) is 0 Å². The third-order valence-corrected chi connectivity index (χ3v) is 4.27. The van der Waals surface area contributed by atoms with Crippen molar-refractivity contribution >= 4 is 10.8 Å². The number of furan rings is 1. The normalized spacial score (nSPS) is 21.7. The van der Waals surface area contributed by atoms with Crippen LogP contribution in [0.15, 0.2) is 59.2 Å². The molecule has 0 spiro atoms. The van der Waals surface area contributed by atoms with E-state index in [-0.39, 0.29) is 0 Å². The molecule has 1 heterocycles. The van der Waals surface area contributed by atoms with Gasteiger partial charge in [-0.25, -0.2) is 0 Å². The van der Waals surface area contributed by atoms with Gasteiger partial charge in [0.05, 0.1) is 6.26 Å². The molecule has 2 atom stereocenters. The smallest absolute Gasteiger partial charge is 0.107 e. The Labute approximate surface area is 112 Å². The van der Waals surface area contributed by atoms with Gasteiger partial charge in [0, 0.05) is 5.92 Å². The topological polar surface area (TPSA) is 13.1 Å². The van der Waals surface area contributed by atoms with Crippen LogP contribution >= 0.6 is 0 Å². The van der Waals surface area contributed by atoms with Crippen molar-refractivity contribution in [3.8, 4) is 0 Å². The van der Waals surface area contributed by atoms with E-state index in [9.17, 15) is 0 Å². The van der Waals surface area contributed by atoms with Crippen molar-refractivity contribution in [1.82, 2.24) is 0 Å². The molecule has 1 nitrogen and oxygen atoms in total. The third-order valence-electron chi connectivity index (χ3n) is 4.27. The number of hydrogen-bond acceptors (Lipinski definition) is 1. The van der Waals surface area contributed by atoms with E-state index >= 15 is 0 Å². The average molecular weight is 248 g/mol. The zero-order valence-electron chi connectivity index (χ0n) is 11.0. The van der Waals surface area contributed by atoms with Crippen molar-refractivity contribution in [3.63, 3.8) is 0 Å². The Hall–Kier alpha value is -2.02. The van der Waals surface area contributed by atoms with Crippen molar-refractivity contribution in [2.45, 2.75) is 25.2 Å². The lowest BCUT2D eigenvalue weighted by Crippen LogP contribution is -1.88. The highest BCUT2D eigenvalue weighted by atomic mass is 16.3. The molecule has 1 heteroatoms. The zero-order valence-corrected chi connectivity index (χ0v) is 11.0. The summed E-state index contributed by atoms with van der Waals surface area (Å²) in [7, 11) is 0. The Balaban J connectivity index is 1.79. The molecule has 0 N–H and O–H groups in total. The maximum Gasteiger partial charge on any atom is 0.107 e. The maximum absolute atomic E-state index is 5.54. The molecule has 94 valence electrons. The fourth-order valence-electron chi connectivity index (χ4n) is 3.15. The summed E-state index contributed by atoms with van der Waals surface area (Å²) in [6.07, 6.45) is 2.98. The first kappa shape index (κ1) is 10.9. The summed E-state index contributed by atoms with van der Waals surface area (Å²) in [6.45, 7) is 2.18. The second-order valence-corrected chi connectivity index (χ2v) is 5.48. The van der Waals surface area contributed by atoms with Gasteiger partial charge in [-0.05, 0) is 53.3 Å². The third kappa shape index (κ3) is 1.69. The van der Waals surface area contributed by atoms with Gasteiger partial charge in [-0.15, -0.1) is 0 Å². The van der Waals surface area contributed by atoms with Crippen LogP contribution in [0, 0.1) is 6.92 Å². The summed E-state index contributed by atoms with van der Waals surface area (Å²) in [6, 6.07) is 17.3. The van der Waals surface area contributed by atoms with Gasteiger partial charge in [0.1, 0.15) is 5.76 Å². The Morgan fingerprint density at radius 1 is 0.895 bits per heavy atom. The van der Waals surface area contributed by atoms with Gasteiger partial charge in [-0.3, -0.25) is 0 Å². The van der Waals surface area contributed by atoms with Crippen LogP contribution < -0.4 is 0 Å². The maximum atomic E-state index is 5.54. The van der Waals surface area contributed by atoms with Crippen molar-refractivity contribution < 1.29 is 4.42 Å². The van der Waals surface area contributed by atoms with Crippen molar-refractivity contribution in [2.24, 2.45) is 0 Å². The Bertz CT molecular complexity index is 725. The fourth-order valence-corrected chi connectivity index (χ4v) is 3.15. The molecule has 2 unspecified atom stereocenters. The summed E-state index contributed by atoms with van der Waals surface area (Å²) in [5.41, 5.74) is 2.83. The van der Waals surface area contributed by atoms with Gasteiger partial charge in [0.15, 0.2) is 0 Å². The summed E-state index contributed by atoms with van der Waals surface area (Å²) in [5, 5.41) is 2.78. The van der Waals surface area contributed by atoms with E-state index in [0.29, 0.717) is 11.8 Å². The molecular weight excluding hydrogens is 232 g/mol. The van der Waals surface area contributed by atoms with Gasteiger partial charge in [0.25, 0.3) is 0 Å². The lowest BCUT2D eigenvalue weighted by Gasteiger charge is -2.08. The molecule has 19 heavy (non-hydrogen) atoms. The zero-order chi connectivity index (χ0) is 12.8. The van der Waals surface area contributed by atoms with Crippen LogP contribution in [0.2, 0.25) is 0 Å². The van der Waals surface area contributed by atoms with Crippen molar-refractivity contribution in [1.29, 1.82) is 0 Å². The van der Waals surface area contributed by atoms with Gasteiger partial charge >= 0.3 is 0 Å². The summed E-state index contributed by atoms with van der Waals surface area (Å²) in [4.78, 5) is 0. The predicted molar refractivity (Wildman–Crippen MR) is 77.5 cm³/mol. The van der Waals surface area contributed by atoms with Crippen molar-refractivity contribution in [2.75, 3.05) is 0 Å². The molecular formula is C18H16O. The molecule has 1 fully saturated rings. The molecule has 2 aromatic carbocycles. The number of aryl methyl sites for hydroxylation is 1. The fraction of sp³-hybridized carbons (Fsp3) is 0.222. The lowest BCUT2D eigenvalue weighted by molar-refractivity contribution is 0.509. The summed E-state index contributed by atoms with van der Waals surface area (Å²) < 4.78 is 5.54. The highest BCUT2D eigenvalue weighted by molar-refractivity contribution is 5.89. The molecule has 0 amide bonds. The van der Waals surface area contributed by atoms with E-state index in [1.54, 1.807) is 6.26 Å². The van der Waals surface area contributed by atoms with E-state index in [1.807, 2.05) is 6.07 Å². The van der Waals surface area contributed by atoms with Gasteiger partial charge in [-0.1, -0.05) is 36.4 Å². The van der Waals surface area contributed by atoms with E-state index in [0.717, 1.165) is 5.76 Å². The molecule has 3 aromatic rings. The Morgan fingerprint density at radius 2 is 1.74 bits per heavy atom. The van der Waals surface area contributed by atoms with Gasteiger partial charge < -0.3 is 4.42 Å². The van der Waals surface area contributed by atoms with Gasteiger partial charge in [-0.2, -0.15) is 0 Å². The molecule has 0 radical (unpaired) electrons. The highest BCUT2D eigenvalue weighted by Gasteiger charge is 2.42. The number of rotatable bonds is 2. The van der Waals surface area contributed by atoms with Crippen LogP contribution in [0.5, 0.6) is 0 Å². The molecule has 1 aromatic heterocycles.